The quantitative estimate of drug-likeness (QED) is 0.783. The first-order valence-electron chi connectivity index (χ1n) is 7.07. The number of carbonyl (C=O) groups excluding carboxylic acids is 1. The SMILES string of the molecule is CC(C)C(C)CNC(=O)CCC1CCNCC1.Cl. The van der Waals surface area contributed by atoms with E-state index in [-0.39, 0.29) is 18.3 Å². The molecule has 1 amide bonds. The number of hydrogen-bond acceptors (Lipinski definition) is 2. The van der Waals surface area contributed by atoms with Crippen molar-refractivity contribution in [2.75, 3.05) is 19.6 Å². The van der Waals surface area contributed by atoms with Crippen LogP contribution in [0.15, 0.2) is 0 Å². The standard InChI is InChI=1S/C14H28N2O.ClH/c1-11(2)12(3)10-16-14(17)5-4-13-6-8-15-9-7-13;/h11-13,15H,4-10H2,1-3H3,(H,16,17);1H. The summed E-state index contributed by atoms with van der Waals surface area (Å²) in [4.78, 5) is 11.7. The van der Waals surface area contributed by atoms with Crippen LogP contribution in [0.2, 0.25) is 0 Å². The fourth-order valence-electron chi connectivity index (χ4n) is 2.10. The van der Waals surface area contributed by atoms with Crippen molar-refractivity contribution in [1.29, 1.82) is 0 Å². The molecule has 1 atom stereocenters. The topological polar surface area (TPSA) is 41.1 Å². The van der Waals surface area contributed by atoms with Crippen molar-refractivity contribution in [2.45, 2.75) is 46.5 Å². The van der Waals surface area contributed by atoms with Crippen molar-refractivity contribution < 1.29 is 4.79 Å². The highest BCUT2D eigenvalue weighted by atomic mass is 35.5. The third kappa shape index (κ3) is 7.22. The lowest BCUT2D eigenvalue weighted by atomic mass is 9.93. The predicted molar refractivity (Wildman–Crippen MR) is 79.1 cm³/mol. The average molecular weight is 277 g/mol. The molecule has 0 saturated carbocycles. The molecule has 1 rings (SSSR count). The van der Waals surface area contributed by atoms with Crippen molar-refractivity contribution in [2.24, 2.45) is 17.8 Å². The Bertz CT molecular complexity index is 228. The highest BCUT2D eigenvalue weighted by molar-refractivity contribution is 5.85. The summed E-state index contributed by atoms with van der Waals surface area (Å²) in [6, 6.07) is 0. The Labute approximate surface area is 118 Å². The van der Waals surface area contributed by atoms with Crippen molar-refractivity contribution in [3.63, 3.8) is 0 Å². The Hall–Kier alpha value is -0.280. The van der Waals surface area contributed by atoms with Crippen LogP contribution in [0.1, 0.15) is 46.5 Å². The van der Waals surface area contributed by atoms with E-state index in [0.717, 1.165) is 32.0 Å². The number of carbonyl (C=O) groups is 1. The number of piperidine rings is 1. The van der Waals surface area contributed by atoms with Gasteiger partial charge in [-0.1, -0.05) is 20.8 Å². The molecule has 0 bridgehead atoms. The summed E-state index contributed by atoms with van der Waals surface area (Å²) in [7, 11) is 0. The van der Waals surface area contributed by atoms with Crippen LogP contribution < -0.4 is 10.6 Å². The summed E-state index contributed by atoms with van der Waals surface area (Å²) in [5, 5.41) is 6.40. The summed E-state index contributed by atoms with van der Waals surface area (Å²) in [6.07, 6.45) is 4.23. The molecule has 0 aliphatic carbocycles. The minimum absolute atomic E-state index is 0. The van der Waals surface area contributed by atoms with Crippen molar-refractivity contribution >= 4 is 18.3 Å². The van der Waals surface area contributed by atoms with Gasteiger partial charge < -0.3 is 10.6 Å². The largest absolute Gasteiger partial charge is 0.356 e. The molecular formula is C14H29ClN2O. The number of nitrogens with one attached hydrogen (secondary N) is 2. The van der Waals surface area contributed by atoms with Crippen LogP contribution in [0.4, 0.5) is 0 Å². The van der Waals surface area contributed by atoms with Crippen molar-refractivity contribution in [3.05, 3.63) is 0 Å². The molecule has 0 aromatic rings. The Morgan fingerprint density at radius 1 is 1.28 bits per heavy atom. The molecule has 0 radical (unpaired) electrons. The van der Waals surface area contributed by atoms with E-state index in [1.54, 1.807) is 0 Å². The summed E-state index contributed by atoms with van der Waals surface area (Å²) < 4.78 is 0. The van der Waals surface area contributed by atoms with Gasteiger partial charge in [0.15, 0.2) is 0 Å². The molecule has 1 unspecified atom stereocenters. The number of halogens is 1. The van der Waals surface area contributed by atoms with E-state index in [2.05, 4.69) is 31.4 Å². The van der Waals surface area contributed by atoms with Crippen LogP contribution in [0.3, 0.4) is 0 Å². The van der Waals surface area contributed by atoms with E-state index in [4.69, 9.17) is 0 Å². The van der Waals surface area contributed by atoms with Gasteiger partial charge in [-0.3, -0.25) is 4.79 Å². The van der Waals surface area contributed by atoms with Crippen LogP contribution >= 0.6 is 12.4 Å². The maximum Gasteiger partial charge on any atom is 0.220 e. The molecule has 1 heterocycles. The fourth-order valence-corrected chi connectivity index (χ4v) is 2.10. The second kappa shape index (κ2) is 9.62. The first-order chi connectivity index (χ1) is 8.09. The predicted octanol–water partition coefficient (Wildman–Crippen LogP) is 2.60. The Morgan fingerprint density at radius 2 is 1.89 bits per heavy atom. The molecule has 1 aliphatic heterocycles. The van der Waals surface area contributed by atoms with Crippen LogP contribution in [-0.2, 0) is 4.79 Å². The van der Waals surface area contributed by atoms with Gasteiger partial charge in [-0.05, 0) is 50.1 Å². The first kappa shape index (κ1) is 17.7. The van der Waals surface area contributed by atoms with E-state index in [1.807, 2.05) is 0 Å². The minimum Gasteiger partial charge on any atom is -0.356 e. The third-order valence-electron chi connectivity index (χ3n) is 4.00. The highest BCUT2D eigenvalue weighted by Crippen LogP contribution is 2.17. The Balaban J connectivity index is 0.00000289. The molecule has 1 fully saturated rings. The molecule has 108 valence electrons. The van der Waals surface area contributed by atoms with Crippen molar-refractivity contribution in [1.82, 2.24) is 10.6 Å². The van der Waals surface area contributed by atoms with Crippen LogP contribution in [0, 0.1) is 17.8 Å². The van der Waals surface area contributed by atoms with Crippen molar-refractivity contribution in [3.8, 4) is 0 Å². The van der Waals surface area contributed by atoms with E-state index < -0.39 is 0 Å². The number of hydrogen-bond donors (Lipinski definition) is 2. The molecule has 18 heavy (non-hydrogen) atoms. The summed E-state index contributed by atoms with van der Waals surface area (Å²) >= 11 is 0. The molecule has 0 spiro atoms. The van der Waals surface area contributed by atoms with Gasteiger partial charge in [0.1, 0.15) is 0 Å². The summed E-state index contributed by atoms with van der Waals surface area (Å²) in [6.45, 7) is 9.66. The van der Waals surface area contributed by atoms with Gasteiger partial charge in [0, 0.05) is 13.0 Å². The monoisotopic (exact) mass is 276 g/mol. The lowest BCUT2D eigenvalue weighted by molar-refractivity contribution is -0.121. The van der Waals surface area contributed by atoms with E-state index >= 15 is 0 Å². The van der Waals surface area contributed by atoms with Gasteiger partial charge in [0.25, 0.3) is 0 Å². The molecule has 3 nitrogen and oxygen atoms in total. The zero-order valence-corrected chi connectivity index (χ0v) is 12.8. The zero-order chi connectivity index (χ0) is 12.7. The number of rotatable bonds is 6. The Kier molecular flexibility index (Phi) is 9.47. The Morgan fingerprint density at radius 3 is 2.44 bits per heavy atom. The molecule has 1 aliphatic rings. The molecule has 1 saturated heterocycles. The van der Waals surface area contributed by atoms with Crippen LogP contribution in [0.25, 0.3) is 0 Å². The van der Waals surface area contributed by atoms with Gasteiger partial charge in [-0.15, -0.1) is 12.4 Å². The van der Waals surface area contributed by atoms with E-state index in [9.17, 15) is 4.79 Å². The first-order valence-corrected chi connectivity index (χ1v) is 7.07. The van der Waals surface area contributed by atoms with Gasteiger partial charge in [0.2, 0.25) is 5.91 Å². The van der Waals surface area contributed by atoms with E-state index in [1.165, 1.54) is 12.8 Å². The normalized spacial score (nSPS) is 18.2. The lowest BCUT2D eigenvalue weighted by Gasteiger charge is -2.22. The molecular weight excluding hydrogens is 248 g/mol. The van der Waals surface area contributed by atoms with Gasteiger partial charge in [0.05, 0.1) is 0 Å². The molecule has 0 aromatic heterocycles. The van der Waals surface area contributed by atoms with Crippen LogP contribution in [-0.4, -0.2) is 25.5 Å². The second-order valence-electron chi connectivity index (χ2n) is 5.76. The fraction of sp³-hybridized carbons (Fsp3) is 0.929. The second-order valence-corrected chi connectivity index (χ2v) is 5.76. The number of amides is 1. The highest BCUT2D eigenvalue weighted by Gasteiger charge is 2.15. The summed E-state index contributed by atoms with van der Waals surface area (Å²) in [5.41, 5.74) is 0. The van der Waals surface area contributed by atoms with Gasteiger partial charge >= 0.3 is 0 Å². The maximum atomic E-state index is 11.7. The smallest absolute Gasteiger partial charge is 0.220 e. The van der Waals surface area contributed by atoms with Gasteiger partial charge in [-0.2, -0.15) is 0 Å². The maximum absolute atomic E-state index is 11.7. The molecule has 0 aromatic carbocycles. The summed E-state index contributed by atoms with van der Waals surface area (Å²) in [5.74, 6) is 2.19. The minimum atomic E-state index is 0. The zero-order valence-electron chi connectivity index (χ0n) is 12.0. The lowest BCUT2D eigenvalue weighted by Crippen LogP contribution is -2.31. The molecule has 2 N–H and O–H groups in total. The van der Waals surface area contributed by atoms with Gasteiger partial charge in [-0.25, -0.2) is 0 Å². The third-order valence-corrected chi connectivity index (χ3v) is 4.00. The van der Waals surface area contributed by atoms with Crippen LogP contribution in [0.5, 0.6) is 0 Å². The molecule has 4 heteroatoms. The average Bonchev–Trinajstić information content (AvgIpc) is 2.34. The van der Waals surface area contributed by atoms with E-state index in [0.29, 0.717) is 18.3 Å².